The smallest absolute Gasteiger partial charge is 0.408 e. The first-order chi connectivity index (χ1) is 18.6. The molecule has 3 rings (SSSR count). The summed E-state index contributed by atoms with van der Waals surface area (Å²) in [4.78, 5) is 40.1. The van der Waals surface area contributed by atoms with E-state index in [1.165, 1.54) is 11.0 Å². The molecule has 0 aromatic heterocycles. The third kappa shape index (κ3) is 8.87. The lowest BCUT2D eigenvalue weighted by molar-refractivity contribution is -0.130. The molecule has 1 aliphatic carbocycles. The zero-order valence-corrected chi connectivity index (χ0v) is 23.4. The number of aryl methyl sites for hydroxylation is 1. The van der Waals surface area contributed by atoms with Crippen LogP contribution in [0.1, 0.15) is 58.4 Å². The molecule has 0 spiro atoms. The molecule has 0 saturated heterocycles. The molecule has 8 heteroatoms. The second-order valence-electron chi connectivity index (χ2n) is 11.0. The van der Waals surface area contributed by atoms with Crippen LogP contribution in [0.25, 0.3) is 0 Å². The SMILES string of the molecule is COc1ccc(NC(=O)C=C[C@H](CCc2ccccc2)NC(=O)[C@H](C2CCCC2)N(C(=O)O)C(C)(C)C)cc1. The Labute approximate surface area is 231 Å². The minimum absolute atomic E-state index is 0.0440. The van der Waals surface area contributed by atoms with E-state index in [9.17, 15) is 19.5 Å². The molecular weight excluding hydrogens is 494 g/mol. The number of carbonyl (C=O) groups is 3. The number of rotatable bonds is 11. The van der Waals surface area contributed by atoms with Gasteiger partial charge >= 0.3 is 6.09 Å². The van der Waals surface area contributed by atoms with E-state index < -0.39 is 23.7 Å². The topological polar surface area (TPSA) is 108 Å². The Morgan fingerprint density at radius 1 is 1.05 bits per heavy atom. The van der Waals surface area contributed by atoms with Gasteiger partial charge in [-0.1, -0.05) is 49.2 Å². The van der Waals surface area contributed by atoms with E-state index in [-0.39, 0.29) is 17.7 Å². The molecule has 1 saturated carbocycles. The number of hydrogen-bond donors (Lipinski definition) is 3. The Morgan fingerprint density at radius 2 is 1.69 bits per heavy atom. The first kappa shape index (κ1) is 29.7. The highest BCUT2D eigenvalue weighted by Gasteiger charge is 2.43. The average Bonchev–Trinajstić information content (AvgIpc) is 3.43. The van der Waals surface area contributed by atoms with Crippen molar-refractivity contribution >= 4 is 23.6 Å². The van der Waals surface area contributed by atoms with Crippen LogP contribution in [0, 0.1) is 5.92 Å². The molecule has 3 N–H and O–H groups in total. The van der Waals surface area contributed by atoms with Crippen molar-refractivity contribution in [3.05, 3.63) is 72.3 Å². The lowest BCUT2D eigenvalue weighted by atomic mass is 9.91. The fraction of sp³-hybridized carbons (Fsp3) is 0.452. The maximum absolute atomic E-state index is 13.8. The van der Waals surface area contributed by atoms with Gasteiger partial charge in [-0.15, -0.1) is 0 Å². The van der Waals surface area contributed by atoms with Gasteiger partial charge in [0, 0.05) is 23.3 Å². The van der Waals surface area contributed by atoms with Crippen molar-refractivity contribution in [1.29, 1.82) is 0 Å². The van der Waals surface area contributed by atoms with Gasteiger partial charge in [-0.2, -0.15) is 0 Å². The van der Waals surface area contributed by atoms with Gasteiger partial charge in [-0.25, -0.2) is 4.79 Å². The van der Waals surface area contributed by atoms with Crippen molar-refractivity contribution in [3.8, 4) is 5.75 Å². The third-order valence-corrected chi connectivity index (χ3v) is 7.07. The predicted molar refractivity (Wildman–Crippen MR) is 153 cm³/mol. The zero-order valence-electron chi connectivity index (χ0n) is 23.4. The number of carboxylic acid groups (broad SMARTS) is 1. The van der Waals surface area contributed by atoms with Crippen molar-refractivity contribution < 1.29 is 24.2 Å². The Kier molecular flexibility index (Phi) is 10.5. The molecule has 0 bridgehead atoms. The van der Waals surface area contributed by atoms with Crippen LogP contribution in [0.4, 0.5) is 10.5 Å². The molecule has 0 unspecified atom stereocenters. The number of nitrogens with one attached hydrogen (secondary N) is 2. The van der Waals surface area contributed by atoms with Crippen LogP contribution >= 0.6 is 0 Å². The van der Waals surface area contributed by atoms with Gasteiger partial charge < -0.3 is 20.5 Å². The van der Waals surface area contributed by atoms with Crippen LogP contribution in [0.15, 0.2) is 66.7 Å². The summed E-state index contributed by atoms with van der Waals surface area (Å²) in [7, 11) is 1.58. The molecule has 1 fully saturated rings. The molecule has 3 amide bonds. The average molecular weight is 536 g/mol. The Morgan fingerprint density at radius 3 is 2.26 bits per heavy atom. The minimum Gasteiger partial charge on any atom is -0.497 e. The van der Waals surface area contributed by atoms with Crippen LogP contribution in [0.2, 0.25) is 0 Å². The summed E-state index contributed by atoms with van der Waals surface area (Å²) in [5, 5.41) is 16.0. The zero-order chi connectivity index (χ0) is 28.4. The van der Waals surface area contributed by atoms with Crippen molar-refractivity contribution in [2.75, 3.05) is 12.4 Å². The number of hydrogen-bond acceptors (Lipinski definition) is 4. The number of carbonyl (C=O) groups excluding carboxylic acids is 2. The lowest BCUT2D eigenvalue weighted by Gasteiger charge is -2.41. The summed E-state index contributed by atoms with van der Waals surface area (Å²) in [5.41, 5.74) is 0.991. The van der Waals surface area contributed by atoms with Gasteiger partial charge in [-0.3, -0.25) is 14.5 Å². The fourth-order valence-corrected chi connectivity index (χ4v) is 5.15. The van der Waals surface area contributed by atoms with Gasteiger partial charge in [0.05, 0.1) is 7.11 Å². The maximum Gasteiger partial charge on any atom is 0.408 e. The van der Waals surface area contributed by atoms with Gasteiger partial charge in [0.25, 0.3) is 0 Å². The predicted octanol–water partition coefficient (Wildman–Crippen LogP) is 5.64. The number of anilines is 1. The van der Waals surface area contributed by atoms with E-state index in [1.807, 2.05) is 51.1 Å². The van der Waals surface area contributed by atoms with E-state index in [4.69, 9.17) is 4.74 Å². The molecule has 2 atom stereocenters. The van der Waals surface area contributed by atoms with Crippen LogP contribution in [0.3, 0.4) is 0 Å². The lowest BCUT2D eigenvalue weighted by Crippen LogP contribution is -2.60. The quantitative estimate of drug-likeness (QED) is 0.323. The van der Waals surface area contributed by atoms with Crippen molar-refractivity contribution in [3.63, 3.8) is 0 Å². The molecular formula is C31H41N3O5. The Bertz CT molecular complexity index is 1120. The van der Waals surface area contributed by atoms with E-state index in [1.54, 1.807) is 37.5 Å². The molecule has 210 valence electrons. The number of methoxy groups -OCH3 is 1. The fourth-order valence-electron chi connectivity index (χ4n) is 5.15. The van der Waals surface area contributed by atoms with Gasteiger partial charge in [0.1, 0.15) is 11.8 Å². The molecule has 1 aliphatic rings. The largest absolute Gasteiger partial charge is 0.497 e. The van der Waals surface area contributed by atoms with E-state index in [2.05, 4.69) is 10.6 Å². The standard InChI is InChI=1S/C31H41N3O5/c1-31(2,3)34(30(37)38)28(23-12-8-9-13-23)29(36)33-25(15-14-22-10-6-5-7-11-22)18-21-27(35)32-24-16-19-26(39-4)20-17-24/h5-7,10-11,16-21,23,25,28H,8-9,12-15H2,1-4H3,(H,32,35)(H,33,36)(H,37,38)/t25-,28-/m0/s1. The van der Waals surface area contributed by atoms with Crippen LogP contribution in [-0.4, -0.2) is 52.6 Å². The van der Waals surface area contributed by atoms with Gasteiger partial charge in [0.15, 0.2) is 0 Å². The van der Waals surface area contributed by atoms with Crippen LogP contribution in [-0.2, 0) is 16.0 Å². The van der Waals surface area contributed by atoms with E-state index in [0.29, 0.717) is 24.3 Å². The highest BCUT2D eigenvalue weighted by Crippen LogP contribution is 2.33. The third-order valence-electron chi connectivity index (χ3n) is 7.07. The molecule has 0 radical (unpaired) electrons. The first-order valence-electron chi connectivity index (χ1n) is 13.6. The molecule has 39 heavy (non-hydrogen) atoms. The maximum atomic E-state index is 13.8. The van der Waals surface area contributed by atoms with Crippen molar-refractivity contribution in [2.24, 2.45) is 5.92 Å². The summed E-state index contributed by atoms with van der Waals surface area (Å²) in [6.45, 7) is 5.44. The summed E-state index contributed by atoms with van der Waals surface area (Å²) in [5.74, 6) is -0.00187. The normalized spacial score (nSPS) is 15.5. The summed E-state index contributed by atoms with van der Waals surface area (Å²) < 4.78 is 5.15. The number of ether oxygens (including phenoxy) is 1. The number of nitrogens with zero attached hydrogens (tertiary/aromatic N) is 1. The molecule has 8 nitrogen and oxygen atoms in total. The van der Waals surface area contributed by atoms with E-state index >= 15 is 0 Å². The molecule has 2 aromatic carbocycles. The number of benzene rings is 2. The van der Waals surface area contributed by atoms with Crippen LogP contribution < -0.4 is 15.4 Å². The Hall–Kier alpha value is -3.81. The summed E-state index contributed by atoms with van der Waals surface area (Å²) in [6, 6.07) is 15.7. The first-order valence-corrected chi connectivity index (χ1v) is 13.6. The second kappa shape index (κ2) is 13.8. The minimum atomic E-state index is -1.11. The highest BCUT2D eigenvalue weighted by atomic mass is 16.5. The number of amides is 3. The second-order valence-corrected chi connectivity index (χ2v) is 11.0. The van der Waals surface area contributed by atoms with Crippen molar-refractivity contribution in [1.82, 2.24) is 10.2 Å². The highest BCUT2D eigenvalue weighted by molar-refractivity contribution is 5.99. The van der Waals surface area contributed by atoms with Gasteiger partial charge in [0.2, 0.25) is 11.8 Å². The Balaban J connectivity index is 1.79. The van der Waals surface area contributed by atoms with Crippen LogP contribution in [0.5, 0.6) is 5.75 Å². The molecule has 0 heterocycles. The van der Waals surface area contributed by atoms with Crippen molar-refractivity contribution in [2.45, 2.75) is 76.9 Å². The van der Waals surface area contributed by atoms with Gasteiger partial charge in [-0.05, 0) is 82.2 Å². The molecule has 2 aromatic rings. The monoisotopic (exact) mass is 535 g/mol. The molecule has 0 aliphatic heterocycles. The summed E-state index contributed by atoms with van der Waals surface area (Å²) >= 11 is 0. The summed E-state index contributed by atoms with van der Waals surface area (Å²) in [6.07, 6.45) is 6.83. The van der Waals surface area contributed by atoms with E-state index in [0.717, 1.165) is 31.2 Å².